The molecular weight excluding hydrogens is 298 g/mol. The second-order valence-electron chi connectivity index (χ2n) is 5.21. The molecular formula is C16H21N3O2S. The summed E-state index contributed by atoms with van der Waals surface area (Å²) in [4.78, 5) is 22.7. The average molecular weight is 319 g/mol. The molecule has 0 atom stereocenters. The van der Waals surface area contributed by atoms with Crippen molar-refractivity contribution in [2.24, 2.45) is 0 Å². The van der Waals surface area contributed by atoms with E-state index in [9.17, 15) is 9.90 Å². The molecule has 2 aromatic rings. The molecule has 118 valence electrons. The first kappa shape index (κ1) is 16.6. The van der Waals surface area contributed by atoms with Gasteiger partial charge in [0.25, 0.3) is 0 Å². The molecule has 0 aliphatic heterocycles. The lowest BCUT2D eigenvalue weighted by molar-refractivity contribution is 0.0702. The summed E-state index contributed by atoms with van der Waals surface area (Å²) >= 11 is 1.25. The van der Waals surface area contributed by atoms with Crippen LogP contribution in [0.15, 0.2) is 24.4 Å². The van der Waals surface area contributed by atoms with Crippen LogP contribution in [0.25, 0.3) is 11.4 Å². The number of unbranched alkanes of at least 4 members (excludes halogenated alkanes) is 1. The van der Waals surface area contributed by atoms with Crippen LogP contribution in [-0.2, 0) is 6.42 Å². The number of hydrogen-bond donors (Lipinski definition) is 1. The number of rotatable bonds is 8. The fraction of sp³-hybridized carbons (Fsp3) is 0.438. The predicted molar refractivity (Wildman–Crippen MR) is 88.4 cm³/mol. The van der Waals surface area contributed by atoms with Gasteiger partial charge in [-0.25, -0.2) is 9.78 Å². The van der Waals surface area contributed by atoms with Gasteiger partial charge in [-0.2, -0.15) is 0 Å². The second-order valence-corrected chi connectivity index (χ2v) is 6.30. The van der Waals surface area contributed by atoms with Crippen molar-refractivity contribution >= 4 is 17.3 Å². The van der Waals surface area contributed by atoms with E-state index in [-0.39, 0.29) is 4.88 Å². The number of likely N-dealkylation sites (N-methyl/N-ethyl adjacent to an activating group) is 1. The normalized spacial score (nSPS) is 11.0. The summed E-state index contributed by atoms with van der Waals surface area (Å²) in [5.41, 5.74) is 1.09. The molecule has 0 aliphatic carbocycles. The minimum Gasteiger partial charge on any atom is -0.477 e. The van der Waals surface area contributed by atoms with Crippen molar-refractivity contribution in [3.05, 3.63) is 34.3 Å². The van der Waals surface area contributed by atoms with Crippen LogP contribution >= 0.6 is 11.3 Å². The average Bonchev–Trinajstić information content (AvgIpc) is 2.96. The standard InChI is InChI=1S/C16H21N3O2S/c1-3-4-10-19(2)11-8-13-18-14(15(22-13)16(20)21)12-7-5-6-9-17-12/h5-7,9H,3-4,8,10-11H2,1-2H3,(H,20,21). The van der Waals surface area contributed by atoms with Crippen LogP contribution in [0.1, 0.15) is 34.4 Å². The van der Waals surface area contributed by atoms with Crippen molar-refractivity contribution < 1.29 is 9.90 Å². The van der Waals surface area contributed by atoms with Gasteiger partial charge in [0, 0.05) is 19.2 Å². The van der Waals surface area contributed by atoms with Crippen molar-refractivity contribution in [2.75, 3.05) is 20.1 Å². The molecule has 0 saturated carbocycles. The molecule has 0 saturated heterocycles. The highest BCUT2D eigenvalue weighted by Gasteiger charge is 2.19. The van der Waals surface area contributed by atoms with E-state index in [0.717, 1.165) is 24.5 Å². The maximum atomic E-state index is 11.4. The van der Waals surface area contributed by atoms with Gasteiger partial charge in [-0.05, 0) is 32.1 Å². The Bertz CT molecular complexity index is 613. The van der Waals surface area contributed by atoms with Crippen LogP contribution < -0.4 is 0 Å². The van der Waals surface area contributed by atoms with Crippen LogP contribution in [0.4, 0.5) is 0 Å². The second kappa shape index (κ2) is 8.00. The van der Waals surface area contributed by atoms with Gasteiger partial charge in [-0.3, -0.25) is 4.98 Å². The monoisotopic (exact) mass is 319 g/mol. The van der Waals surface area contributed by atoms with Gasteiger partial charge in [-0.1, -0.05) is 19.4 Å². The number of aromatic carboxylic acids is 1. The first-order valence-electron chi connectivity index (χ1n) is 7.44. The zero-order valence-electron chi connectivity index (χ0n) is 13.0. The lowest BCUT2D eigenvalue weighted by Gasteiger charge is -2.14. The van der Waals surface area contributed by atoms with E-state index in [2.05, 4.69) is 28.8 Å². The van der Waals surface area contributed by atoms with Crippen LogP contribution in [0, 0.1) is 0 Å². The largest absolute Gasteiger partial charge is 0.477 e. The summed E-state index contributed by atoms with van der Waals surface area (Å²) in [6.45, 7) is 4.11. The van der Waals surface area contributed by atoms with Gasteiger partial charge in [-0.15, -0.1) is 11.3 Å². The third kappa shape index (κ3) is 4.35. The smallest absolute Gasteiger partial charge is 0.348 e. The Balaban J connectivity index is 2.12. The summed E-state index contributed by atoms with van der Waals surface area (Å²) in [6, 6.07) is 5.43. The Labute approximate surface area is 134 Å². The number of pyridine rings is 1. The number of thiazole rings is 1. The van der Waals surface area contributed by atoms with Crippen molar-refractivity contribution in [2.45, 2.75) is 26.2 Å². The first-order valence-corrected chi connectivity index (χ1v) is 8.26. The summed E-state index contributed by atoms with van der Waals surface area (Å²) in [5, 5.41) is 10.2. The Morgan fingerprint density at radius 2 is 2.18 bits per heavy atom. The Morgan fingerprint density at radius 3 is 2.82 bits per heavy atom. The molecule has 0 fully saturated rings. The Hall–Kier alpha value is -1.79. The van der Waals surface area contributed by atoms with E-state index in [1.807, 2.05) is 6.07 Å². The topological polar surface area (TPSA) is 66.3 Å². The van der Waals surface area contributed by atoms with Crippen LogP contribution in [0.5, 0.6) is 0 Å². The minimum atomic E-state index is -0.941. The van der Waals surface area contributed by atoms with Gasteiger partial charge in [0.2, 0.25) is 0 Å². The van der Waals surface area contributed by atoms with Crippen molar-refractivity contribution in [1.29, 1.82) is 0 Å². The van der Waals surface area contributed by atoms with E-state index < -0.39 is 5.97 Å². The molecule has 0 amide bonds. The highest BCUT2D eigenvalue weighted by atomic mass is 32.1. The van der Waals surface area contributed by atoms with Crippen molar-refractivity contribution in [1.82, 2.24) is 14.9 Å². The van der Waals surface area contributed by atoms with Crippen molar-refractivity contribution in [3.63, 3.8) is 0 Å². The molecule has 22 heavy (non-hydrogen) atoms. The van der Waals surface area contributed by atoms with Gasteiger partial charge in [0.05, 0.1) is 10.7 Å². The summed E-state index contributed by atoms with van der Waals surface area (Å²) < 4.78 is 0. The molecule has 0 aliphatic rings. The Kier molecular flexibility index (Phi) is 6.03. The fourth-order valence-electron chi connectivity index (χ4n) is 2.12. The molecule has 0 aromatic carbocycles. The lowest BCUT2D eigenvalue weighted by Crippen LogP contribution is -2.22. The van der Waals surface area contributed by atoms with Crippen molar-refractivity contribution in [3.8, 4) is 11.4 Å². The van der Waals surface area contributed by atoms with Gasteiger partial charge >= 0.3 is 5.97 Å². The van der Waals surface area contributed by atoms with E-state index in [4.69, 9.17) is 0 Å². The summed E-state index contributed by atoms with van der Waals surface area (Å²) in [7, 11) is 2.08. The van der Waals surface area contributed by atoms with E-state index >= 15 is 0 Å². The minimum absolute atomic E-state index is 0.268. The molecule has 2 aromatic heterocycles. The number of nitrogens with zero attached hydrogens (tertiary/aromatic N) is 3. The molecule has 0 bridgehead atoms. The van der Waals surface area contributed by atoms with Gasteiger partial charge < -0.3 is 10.0 Å². The number of carboxylic acids is 1. The van der Waals surface area contributed by atoms with E-state index in [1.54, 1.807) is 18.3 Å². The van der Waals surface area contributed by atoms with E-state index in [1.165, 1.54) is 24.2 Å². The quantitative estimate of drug-likeness (QED) is 0.809. The van der Waals surface area contributed by atoms with Crippen LogP contribution in [0.3, 0.4) is 0 Å². The zero-order valence-corrected chi connectivity index (χ0v) is 13.8. The first-order chi connectivity index (χ1) is 10.6. The molecule has 6 heteroatoms. The molecule has 2 heterocycles. The number of hydrogen-bond acceptors (Lipinski definition) is 5. The molecule has 1 N–H and O–H groups in total. The van der Waals surface area contributed by atoms with Crippen LogP contribution in [-0.4, -0.2) is 46.1 Å². The third-order valence-electron chi connectivity index (χ3n) is 3.37. The molecule has 0 spiro atoms. The number of carboxylic acid groups (broad SMARTS) is 1. The zero-order chi connectivity index (χ0) is 15.9. The predicted octanol–water partition coefficient (Wildman–Crippen LogP) is 3.18. The number of carbonyl (C=O) groups is 1. The van der Waals surface area contributed by atoms with E-state index in [0.29, 0.717) is 11.4 Å². The fourth-order valence-corrected chi connectivity index (χ4v) is 3.02. The van der Waals surface area contributed by atoms with Crippen LogP contribution in [0.2, 0.25) is 0 Å². The molecule has 2 rings (SSSR count). The Morgan fingerprint density at radius 1 is 1.36 bits per heavy atom. The summed E-state index contributed by atoms with van der Waals surface area (Å²) in [6.07, 6.45) is 4.76. The SMILES string of the molecule is CCCCN(C)CCc1nc(-c2ccccn2)c(C(=O)O)s1. The highest BCUT2D eigenvalue weighted by molar-refractivity contribution is 7.14. The number of aromatic nitrogens is 2. The molecule has 5 nitrogen and oxygen atoms in total. The summed E-state index contributed by atoms with van der Waals surface area (Å²) in [5.74, 6) is -0.941. The van der Waals surface area contributed by atoms with Gasteiger partial charge in [0.15, 0.2) is 0 Å². The maximum Gasteiger partial charge on any atom is 0.348 e. The highest BCUT2D eigenvalue weighted by Crippen LogP contribution is 2.27. The lowest BCUT2D eigenvalue weighted by atomic mass is 10.2. The third-order valence-corrected chi connectivity index (χ3v) is 4.48. The molecule has 0 unspecified atom stereocenters. The maximum absolute atomic E-state index is 11.4. The van der Waals surface area contributed by atoms with Gasteiger partial charge in [0.1, 0.15) is 10.6 Å². The molecule has 0 radical (unpaired) electrons.